The SMILES string of the molecule is CCOC(=O)CC1CCN(c2cccc([C@H]3CCNC[C@@H]3C(=O)N(Cc3cn(CCCOC)c4ccccc34)C3CC3)c2)CC1. The van der Waals surface area contributed by atoms with Crippen LogP contribution in [-0.4, -0.2) is 73.9 Å². The Bertz CT molecular complexity index is 1440. The van der Waals surface area contributed by atoms with Gasteiger partial charge in [-0.15, -0.1) is 0 Å². The highest BCUT2D eigenvalue weighted by molar-refractivity contribution is 5.86. The number of aromatic nitrogens is 1. The molecule has 1 aliphatic carbocycles. The van der Waals surface area contributed by atoms with Crippen LogP contribution in [0.15, 0.2) is 54.7 Å². The molecule has 2 aromatic carbocycles. The minimum Gasteiger partial charge on any atom is -0.466 e. The van der Waals surface area contributed by atoms with E-state index in [0.29, 0.717) is 31.5 Å². The third-order valence-electron chi connectivity index (χ3n) is 10.1. The second-order valence-electron chi connectivity index (χ2n) is 13.1. The van der Waals surface area contributed by atoms with E-state index in [2.05, 4.69) is 74.4 Å². The van der Waals surface area contributed by atoms with Crippen LogP contribution >= 0.6 is 0 Å². The number of benzene rings is 2. The Morgan fingerprint density at radius 3 is 2.62 bits per heavy atom. The summed E-state index contributed by atoms with van der Waals surface area (Å²) < 4.78 is 12.8. The van der Waals surface area contributed by atoms with Crippen molar-refractivity contribution >= 4 is 28.5 Å². The second-order valence-corrected chi connectivity index (χ2v) is 13.1. The van der Waals surface area contributed by atoms with Crippen molar-refractivity contribution in [3.8, 4) is 0 Å². The Balaban J connectivity index is 1.17. The summed E-state index contributed by atoms with van der Waals surface area (Å²) in [5.41, 5.74) is 4.96. The number of rotatable bonds is 13. The number of anilines is 1. The van der Waals surface area contributed by atoms with Crippen molar-refractivity contribution in [3.63, 3.8) is 0 Å². The molecule has 8 heteroatoms. The fraction of sp³-hybridized carbons (Fsp3) is 0.568. The number of amides is 1. The molecule has 0 spiro atoms. The molecule has 3 fully saturated rings. The maximum absolute atomic E-state index is 14.5. The molecule has 0 radical (unpaired) electrons. The molecule has 3 heterocycles. The van der Waals surface area contributed by atoms with Gasteiger partial charge in [0.25, 0.3) is 0 Å². The van der Waals surface area contributed by atoms with E-state index in [-0.39, 0.29) is 23.7 Å². The van der Waals surface area contributed by atoms with Crippen LogP contribution in [0.3, 0.4) is 0 Å². The van der Waals surface area contributed by atoms with E-state index >= 15 is 0 Å². The van der Waals surface area contributed by atoms with E-state index in [4.69, 9.17) is 9.47 Å². The van der Waals surface area contributed by atoms with E-state index in [1.54, 1.807) is 7.11 Å². The molecular weight excluding hydrogens is 564 g/mol. The number of para-hydroxylation sites is 1. The van der Waals surface area contributed by atoms with Gasteiger partial charge in [-0.3, -0.25) is 9.59 Å². The molecule has 1 saturated carbocycles. The van der Waals surface area contributed by atoms with Crippen LogP contribution in [0.25, 0.3) is 10.9 Å². The number of hydrogen-bond donors (Lipinski definition) is 1. The van der Waals surface area contributed by atoms with Crippen molar-refractivity contribution < 1.29 is 19.1 Å². The number of nitrogens with one attached hydrogen (secondary N) is 1. The number of ether oxygens (including phenoxy) is 2. The van der Waals surface area contributed by atoms with Crippen molar-refractivity contribution in [1.82, 2.24) is 14.8 Å². The largest absolute Gasteiger partial charge is 0.466 e. The van der Waals surface area contributed by atoms with Crippen molar-refractivity contribution in [2.45, 2.75) is 76.9 Å². The van der Waals surface area contributed by atoms with Crippen LogP contribution in [0.4, 0.5) is 5.69 Å². The van der Waals surface area contributed by atoms with Crippen molar-refractivity contribution in [3.05, 3.63) is 65.9 Å². The minimum atomic E-state index is -0.0834. The predicted molar refractivity (Wildman–Crippen MR) is 178 cm³/mol. The summed E-state index contributed by atoms with van der Waals surface area (Å²) in [6, 6.07) is 17.8. The average molecular weight is 615 g/mol. The molecule has 2 aliphatic heterocycles. The zero-order valence-electron chi connectivity index (χ0n) is 27.1. The average Bonchev–Trinajstić information content (AvgIpc) is 3.86. The number of nitrogens with zero attached hydrogens (tertiary/aromatic N) is 3. The van der Waals surface area contributed by atoms with Gasteiger partial charge in [0.05, 0.1) is 12.5 Å². The van der Waals surface area contributed by atoms with Crippen molar-refractivity contribution in [1.29, 1.82) is 0 Å². The van der Waals surface area contributed by atoms with Gasteiger partial charge in [-0.1, -0.05) is 30.3 Å². The van der Waals surface area contributed by atoms with Crippen LogP contribution in [-0.2, 0) is 32.2 Å². The molecule has 8 nitrogen and oxygen atoms in total. The highest BCUT2D eigenvalue weighted by atomic mass is 16.5. The number of carbonyl (C=O) groups is 2. The number of aryl methyl sites for hydroxylation is 1. The Morgan fingerprint density at radius 1 is 1.02 bits per heavy atom. The molecule has 1 N–H and O–H groups in total. The highest BCUT2D eigenvalue weighted by Gasteiger charge is 2.40. The lowest BCUT2D eigenvalue weighted by Crippen LogP contribution is -2.47. The maximum Gasteiger partial charge on any atom is 0.306 e. The van der Waals surface area contributed by atoms with Gasteiger partial charge in [0.1, 0.15) is 0 Å². The third kappa shape index (κ3) is 7.55. The number of fused-ring (bicyclic) bond motifs is 1. The molecular formula is C37H50N4O4. The number of hydrogen-bond acceptors (Lipinski definition) is 6. The summed E-state index contributed by atoms with van der Waals surface area (Å²) in [5, 5.41) is 4.79. The summed E-state index contributed by atoms with van der Waals surface area (Å²) in [5.74, 6) is 0.711. The van der Waals surface area contributed by atoms with Gasteiger partial charge in [0.15, 0.2) is 0 Å². The lowest BCUT2D eigenvalue weighted by Gasteiger charge is -2.37. The molecule has 0 bridgehead atoms. The van der Waals surface area contributed by atoms with Gasteiger partial charge in [0.2, 0.25) is 5.91 Å². The Labute approximate surface area is 268 Å². The molecule has 0 unspecified atom stereocenters. The van der Waals surface area contributed by atoms with Crippen LogP contribution in [0.1, 0.15) is 68.9 Å². The first-order valence-electron chi connectivity index (χ1n) is 17.1. The fourth-order valence-electron chi connectivity index (χ4n) is 7.50. The molecule has 1 amide bonds. The van der Waals surface area contributed by atoms with Crippen LogP contribution < -0.4 is 10.2 Å². The second kappa shape index (κ2) is 14.8. The first kappa shape index (κ1) is 31.6. The molecule has 1 aromatic heterocycles. The topological polar surface area (TPSA) is 76.0 Å². The number of carbonyl (C=O) groups excluding carboxylic acids is 2. The highest BCUT2D eigenvalue weighted by Crippen LogP contribution is 2.38. The smallest absolute Gasteiger partial charge is 0.306 e. The van der Waals surface area contributed by atoms with Gasteiger partial charge in [-0.05, 0) is 93.2 Å². The number of esters is 1. The molecule has 6 rings (SSSR count). The Hall–Kier alpha value is -3.36. The number of piperidine rings is 2. The summed E-state index contributed by atoms with van der Waals surface area (Å²) in [4.78, 5) is 31.1. The van der Waals surface area contributed by atoms with E-state index in [1.807, 2.05) is 6.92 Å². The monoisotopic (exact) mass is 614 g/mol. The first-order chi connectivity index (χ1) is 22.1. The summed E-state index contributed by atoms with van der Waals surface area (Å²) >= 11 is 0. The quantitative estimate of drug-likeness (QED) is 0.196. The lowest BCUT2D eigenvalue weighted by molar-refractivity contribution is -0.144. The van der Waals surface area contributed by atoms with Gasteiger partial charge in [-0.25, -0.2) is 0 Å². The van der Waals surface area contributed by atoms with Crippen LogP contribution in [0, 0.1) is 11.8 Å². The molecule has 2 saturated heterocycles. The molecule has 3 aromatic rings. The Morgan fingerprint density at radius 2 is 1.84 bits per heavy atom. The third-order valence-corrected chi connectivity index (χ3v) is 10.1. The fourth-order valence-corrected chi connectivity index (χ4v) is 7.50. The van der Waals surface area contributed by atoms with E-state index in [0.717, 1.165) is 77.9 Å². The minimum absolute atomic E-state index is 0.0763. The van der Waals surface area contributed by atoms with Gasteiger partial charge >= 0.3 is 5.97 Å². The summed E-state index contributed by atoms with van der Waals surface area (Å²) in [6.45, 7) is 8.13. The van der Waals surface area contributed by atoms with Gasteiger partial charge in [0, 0.05) is 81.7 Å². The van der Waals surface area contributed by atoms with E-state index in [1.165, 1.54) is 27.7 Å². The van der Waals surface area contributed by atoms with Gasteiger partial charge < -0.3 is 29.2 Å². The summed E-state index contributed by atoms with van der Waals surface area (Å²) in [6.07, 6.45) is 8.87. The predicted octanol–water partition coefficient (Wildman–Crippen LogP) is 5.73. The van der Waals surface area contributed by atoms with Crippen LogP contribution in [0.5, 0.6) is 0 Å². The van der Waals surface area contributed by atoms with Gasteiger partial charge in [-0.2, -0.15) is 0 Å². The Kier molecular flexibility index (Phi) is 10.4. The normalized spacial score (nSPS) is 20.8. The van der Waals surface area contributed by atoms with E-state index < -0.39 is 0 Å². The zero-order valence-corrected chi connectivity index (χ0v) is 27.1. The van der Waals surface area contributed by atoms with Crippen molar-refractivity contribution in [2.24, 2.45) is 11.8 Å². The molecule has 3 aliphatic rings. The summed E-state index contributed by atoms with van der Waals surface area (Å²) in [7, 11) is 1.75. The molecule has 242 valence electrons. The van der Waals surface area contributed by atoms with E-state index in [9.17, 15) is 9.59 Å². The lowest BCUT2D eigenvalue weighted by atomic mass is 9.80. The molecule has 45 heavy (non-hydrogen) atoms. The molecule has 2 atom stereocenters. The van der Waals surface area contributed by atoms with Crippen molar-refractivity contribution in [2.75, 3.05) is 51.4 Å². The zero-order chi connectivity index (χ0) is 31.2. The first-order valence-corrected chi connectivity index (χ1v) is 17.1. The van der Waals surface area contributed by atoms with Crippen LogP contribution in [0.2, 0.25) is 0 Å². The maximum atomic E-state index is 14.5. The standard InChI is InChI=1S/C37H50N4O4/c1-3-45-36(42)22-27-15-19-39(20-16-27)31-9-6-8-28(23-31)32-14-17-38-24-34(32)37(43)41(30-12-13-30)26-29-25-40(18-7-21-44-2)35-11-5-4-10-33(29)35/h4-6,8-11,23,25,27,30,32,34,38H,3,7,12-22,24,26H2,1-2H3/t32-,34+/m1/s1. The number of methoxy groups -OCH3 is 1.